The zero-order valence-electron chi connectivity index (χ0n) is 18.2. The summed E-state index contributed by atoms with van der Waals surface area (Å²) in [6.07, 6.45) is -0.0468. The number of Topliss-reactive ketones (excluding diaryl/α,β-unsaturated/α-hetero) is 1. The first-order valence-electron chi connectivity index (χ1n) is 10.6. The van der Waals surface area contributed by atoms with Gasteiger partial charge in [0.05, 0.1) is 5.92 Å². The van der Waals surface area contributed by atoms with Gasteiger partial charge in [-0.25, -0.2) is 4.79 Å². The third kappa shape index (κ3) is 6.16. The summed E-state index contributed by atoms with van der Waals surface area (Å²) in [5.41, 5.74) is 1.66. The second-order valence-corrected chi connectivity index (χ2v) is 7.76. The fourth-order valence-corrected chi connectivity index (χ4v) is 3.43. The van der Waals surface area contributed by atoms with Crippen molar-refractivity contribution in [2.75, 3.05) is 23.7 Å². The Morgan fingerprint density at radius 1 is 0.938 bits per heavy atom. The van der Waals surface area contributed by atoms with Crippen LogP contribution in [0.4, 0.5) is 16.2 Å². The Kier molecular flexibility index (Phi) is 7.59. The Balaban J connectivity index is 1.45. The molecule has 0 aromatic heterocycles. The Morgan fingerprint density at radius 3 is 2.25 bits per heavy atom. The average Bonchev–Trinajstić information content (AvgIpc) is 2.79. The van der Waals surface area contributed by atoms with Crippen molar-refractivity contribution in [2.24, 2.45) is 5.92 Å². The van der Waals surface area contributed by atoms with Gasteiger partial charge in [0, 0.05) is 30.0 Å². The van der Waals surface area contributed by atoms with Gasteiger partial charge in [-0.15, -0.1) is 0 Å². The summed E-state index contributed by atoms with van der Waals surface area (Å²) in [5.74, 6) is -1.40. The number of anilines is 2. The summed E-state index contributed by atoms with van der Waals surface area (Å²) in [7, 11) is 0. The molecule has 1 aliphatic heterocycles. The number of hydrogen-bond acceptors (Lipinski definition) is 5. The number of nitrogens with one attached hydrogen (secondary N) is 2. The molecule has 3 amide bonds. The van der Waals surface area contributed by atoms with Crippen molar-refractivity contribution in [2.45, 2.75) is 32.8 Å². The molecule has 1 fully saturated rings. The van der Waals surface area contributed by atoms with Gasteiger partial charge in [-0.05, 0) is 51.0 Å². The monoisotopic (exact) mass is 437 g/mol. The third-order valence-electron chi connectivity index (χ3n) is 5.34. The predicted molar refractivity (Wildman–Crippen MR) is 120 cm³/mol. The number of hydrogen-bond donors (Lipinski definition) is 2. The van der Waals surface area contributed by atoms with Crippen molar-refractivity contribution in [3.63, 3.8) is 0 Å². The van der Waals surface area contributed by atoms with Crippen molar-refractivity contribution < 1.29 is 23.9 Å². The van der Waals surface area contributed by atoms with Crippen molar-refractivity contribution in [1.82, 2.24) is 4.90 Å². The first-order chi connectivity index (χ1) is 15.3. The van der Waals surface area contributed by atoms with Crippen molar-refractivity contribution in [1.29, 1.82) is 0 Å². The average molecular weight is 437 g/mol. The number of ether oxygens (including phenoxy) is 1. The molecule has 0 saturated carbocycles. The first kappa shape index (κ1) is 23.0. The maximum absolute atomic E-state index is 12.5. The summed E-state index contributed by atoms with van der Waals surface area (Å²) in [6, 6.07) is 15.5. The lowest BCUT2D eigenvalue weighted by Crippen LogP contribution is -2.43. The number of nitrogens with zero attached hydrogens (tertiary/aromatic N) is 1. The van der Waals surface area contributed by atoms with E-state index in [2.05, 4.69) is 10.6 Å². The molecule has 1 atom stereocenters. The van der Waals surface area contributed by atoms with Crippen molar-refractivity contribution >= 4 is 35.1 Å². The van der Waals surface area contributed by atoms with Crippen LogP contribution < -0.4 is 10.6 Å². The van der Waals surface area contributed by atoms with Gasteiger partial charge in [0.2, 0.25) is 0 Å². The molecule has 0 bridgehead atoms. The number of esters is 1. The molecule has 2 aromatic rings. The van der Waals surface area contributed by atoms with Gasteiger partial charge < -0.3 is 20.3 Å². The lowest BCUT2D eigenvalue weighted by Gasteiger charge is -2.31. The maximum Gasteiger partial charge on any atom is 0.321 e. The Hall–Kier alpha value is -3.68. The van der Waals surface area contributed by atoms with Crippen LogP contribution in [0.2, 0.25) is 0 Å². The molecule has 8 nitrogen and oxygen atoms in total. The van der Waals surface area contributed by atoms with Crippen molar-refractivity contribution in [3.8, 4) is 0 Å². The molecule has 8 heteroatoms. The third-order valence-corrected chi connectivity index (χ3v) is 5.34. The van der Waals surface area contributed by atoms with E-state index in [0.717, 1.165) is 0 Å². The van der Waals surface area contributed by atoms with E-state index in [1.54, 1.807) is 29.2 Å². The highest BCUT2D eigenvalue weighted by Gasteiger charge is 2.30. The number of piperidine rings is 1. The highest BCUT2D eigenvalue weighted by Crippen LogP contribution is 2.21. The summed E-state index contributed by atoms with van der Waals surface area (Å²) < 4.78 is 5.36. The molecule has 1 heterocycles. The van der Waals surface area contributed by atoms with Gasteiger partial charge >= 0.3 is 12.0 Å². The number of carbonyl (C=O) groups is 4. The minimum absolute atomic E-state index is 0.107. The Morgan fingerprint density at radius 2 is 1.59 bits per heavy atom. The van der Waals surface area contributed by atoms with Crippen LogP contribution in [-0.2, 0) is 14.3 Å². The minimum atomic E-state index is -0.983. The molecule has 1 saturated heterocycles. The van der Waals surface area contributed by atoms with E-state index >= 15 is 0 Å². The highest BCUT2D eigenvalue weighted by atomic mass is 16.5. The van der Waals surface area contributed by atoms with Gasteiger partial charge in [-0.1, -0.05) is 30.3 Å². The van der Waals surface area contributed by atoms with E-state index in [1.165, 1.54) is 13.8 Å². The predicted octanol–water partition coefficient (Wildman–Crippen LogP) is 3.70. The minimum Gasteiger partial charge on any atom is -0.452 e. The highest BCUT2D eigenvalue weighted by molar-refractivity contribution is 5.98. The summed E-state index contributed by atoms with van der Waals surface area (Å²) in [4.78, 5) is 50.4. The van der Waals surface area contributed by atoms with Gasteiger partial charge in [-0.2, -0.15) is 0 Å². The number of rotatable bonds is 6. The summed E-state index contributed by atoms with van der Waals surface area (Å²) in [5, 5.41) is 5.49. The summed E-state index contributed by atoms with van der Waals surface area (Å²) >= 11 is 0. The van der Waals surface area contributed by atoms with Gasteiger partial charge in [0.25, 0.3) is 5.91 Å². The fourth-order valence-electron chi connectivity index (χ4n) is 3.43. The second-order valence-electron chi connectivity index (χ2n) is 7.76. The van der Waals surface area contributed by atoms with E-state index in [4.69, 9.17) is 4.74 Å². The molecule has 3 rings (SSSR count). The first-order valence-corrected chi connectivity index (χ1v) is 10.6. The molecule has 168 valence electrons. The smallest absolute Gasteiger partial charge is 0.321 e. The van der Waals surface area contributed by atoms with Gasteiger partial charge in [-0.3, -0.25) is 14.4 Å². The number of urea groups is 1. The van der Waals surface area contributed by atoms with E-state index in [1.807, 2.05) is 30.3 Å². The van der Waals surface area contributed by atoms with Crippen molar-refractivity contribution in [3.05, 3.63) is 60.2 Å². The molecule has 2 aromatic carbocycles. The lowest BCUT2D eigenvalue weighted by molar-refractivity contribution is -0.158. The number of benzene rings is 2. The quantitative estimate of drug-likeness (QED) is 0.530. The Bertz CT molecular complexity index is 984. The molecular formula is C24H27N3O5. The van der Waals surface area contributed by atoms with E-state index in [-0.39, 0.29) is 17.7 Å². The lowest BCUT2D eigenvalue weighted by atomic mass is 9.97. The SMILES string of the molecule is CC(=O)c1cccc(NC(=O)[C@H](C)OC(=O)C2CCN(C(=O)Nc3ccccc3)CC2)c1. The summed E-state index contributed by atoms with van der Waals surface area (Å²) in [6.45, 7) is 3.81. The van der Waals surface area contributed by atoms with Gasteiger partial charge in [0.15, 0.2) is 11.9 Å². The van der Waals surface area contributed by atoms with E-state index < -0.39 is 18.0 Å². The molecule has 0 radical (unpaired) electrons. The number of likely N-dealkylation sites (tertiary alicyclic amines) is 1. The molecule has 2 N–H and O–H groups in total. The molecule has 0 aliphatic carbocycles. The second kappa shape index (κ2) is 10.6. The fraction of sp³-hybridized carbons (Fsp3) is 0.333. The number of amides is 3. The zero-order chi connectivity index (χ0) is 23.1. The van der Waals surface area contributed by atoms with Gasteiger partial charge in [0.1, 0.15) is 0 Å². The zero-order valence-corrected chi connectivity index (χ0v) is 18.2. The maximum atomic E-state index is 12.5. The van der Waals surface area contributed by atoms with Crippen LogP contribution in [0, 0.1) is 5.92 Å². The Labute approximate surface area is 186 Å². The van der Waals surface area contributed by atoms with Crippen LogP contribution in [0.15, 0.2) is 54.6 Å². The molecule has 1 aliphatic rings. The molecule has 0 unspecified atom stereocenters. The largest absolute Gasteiger partial charge is 0.452 e. The standard InChI is InChI=1S/C24H27N3O5/c1-16(28)19-7-6-10-21(15-19)25-22(29)17(2)32-23(30)18-11-13-27(14-12-18)24(31)26-20-8-4-3-5-9-20/h3-10,15,17-18H,11-14H2,1-2H3,(H,25,29)(H,26,31)/t17-/m0/s1. The molecular weight excluding hydrogens is 410 g/mol. The number of para-hydroxylation sites is 1. The van der Waals surface area contributed by atoms with Crippen LogP contribution >= 0.6 is 0 Å². The number of ketones is 1. The van der Waals surface area contributed by atoms with Crippen LogP contribution in [0.25, 0.3) is 0 Å². The van der Waals surface area contributed by atoms with Crippen LogP contribution in [0.5, 0.6) is 0 Å². The normalized spacial score (nSPS) is 14.9. The van der Waals surface area contributed by atoms with Crippen LogP contribution in [-0.4, -0.2) is 47.8 Å². The van der Waals surface area contributed by atoms with Crippen LogP contribution in [0.3, 0.4) is 0 Å². The number of carbonyl (C=O) groups excluding carboxylic acids is 4. The molecule has 0 spiro atoms. The topological polar surface area (TPSA) is 105 Å². The van der Waals surface area contributed by atoms with E-state index in [9.17, 15) is 19.2 Å². The molecule has 32 heavy (non-hydrogen) atoms. The van der Waals surface area contributed by atoms with E-state index in [0.29, 0.717) is 42.9 Å². The van der Waals surface area contributed by atoms with Crippen LogP contribution in [0.1, 0.15) is 37.0 Å².